The van der Waals surface area contributed by atoms with Crippen molar-refractivity contribution in [2.24, 2.45) is 5.84 Å². The minimum Gasteiger partial charge on any atom is -0.271 e. The minimum absolute atomic E-state index is 0.120. The third-order valence-electron chi connectivity index (χ3n) is 3.37. The van der Waals surface area contributed by atoms with Crippen molar-refractivity contribution in [2.45, 2.75) is 12.5 Å². The zero-order valence-corrected chi connectivity index (χ0v) is 12.5. The number of aromatic nitrogens is 3. The molecule has 3 rings (SSSR count). The number of nitrogens with two attached hydrogens (primary N) is 1. The lowest BCUT2D eigenvalue weighted by Gasteiger charge is -2.16. The molecule has 0 aliphatic heterocycles. The molecular formula is C14H13Cl2N5. The quantitative estimate of drug-likeness (QED) is 0.572. The van der Waals surface area contributed by atoms with E-state index in [-0.39, 0.29) is 6.04 Å². The van der Waals surface area contributed by atoms with Gasteiger partial charge < -0.3 is 0 Å². The Labute approximate surface area is 131 Å². The van der Waals surface area contributed by atoms with Gasteiger partial charge in [-0.05, 0) is 24.1 Å². The van der Waals surface area contributed by atoms with Crippen LogP contribution in [0.15, 0.2) is 43.0 Å². The predicted octanol–water partition coefficient (Wildman–Crippen LogP) is 2.78. The lowest BCUT2D eigenvalue weighted by Crippen LogP contribution is -2.29. The maximum Gasteiger partial charge on any atom is 0.0893 e. The summed E-state index contributed by atoms with van der Waals surface area (Å²) < 4.78 is 1.76. The molecule has 108 valence electrons. The molecule has 1 atom stereocenters. The van der Waals surface area contributed by atoms with Crippen LogP contribution in [-0.4, -0.2) is 14.6 Å². The van der Waals surface area contributed by atoms with E-state index < -0.39 is 0 Å². The standard InChI is InChI=1S/C14H13Cl2N5/c15-10-2-1-9(12(16)6-10)5-13(20-17)11-7-19-21-4-3-18-8-14(11)21/h1-4,6-8,13,20H,5,17H2. The maximum atomic E-state index is 6.22. The number of nitrogens with zero attached hydrogens (tertiary/aromatic N) is 3. The molecule has 0 amide bonds. The third kappa shape index (κ3) is 2.87. The zero-order chi connectivity index (χ0) is 14.8. The lowest BCUT2D eigenvalue weighted by molar-refractivity contribution is 0.555. The Morgan fingerprint density at radius 3 is 2.90 bits per heavy atom. The average molecular weight is 322 g/mol. The molecule has 0 aliphatic carbocycles. The van der Waals surface area contributed by atoms with Crippen molar-refractivity contribution in [1.29, 1.82) is 0 Å². The highest BCUT2D eigenvalue weighted by atomic mass is 35.5. The van der Waals surface area contributed by atoms with Gasteiger partial charge in [-0.1, -0.05) is 29.3 Å². The summed E-state index contributed by atoms with van der Waals surface area (Å²) in [5.41, 5.74) is 5.66. The van der Waals surface area contributed by atoms with Gasteiger partial charge in [0.1, 0.15) is 0 Å². The summed E-state index contributed by atoms with van der Waals surface area (Å²) in [6, 6.07) is 5.32. The largest absolute Gasteiger partial charge is 0.271 e. The van der Waals surface area contributed by atoms with E-state index in [0.717, 1.165) is 16.6 Å². The van der Waals surface area contributed by atoms with E-state index in [1.54, 1.807) is 35.4 Å². The van der Waals surface area contributed by atoms with Crippen LogP contribution in [0, 0.1) is 0 Å². The van der Waals surface area contributed by atoms with Gasteiger partial charge in [-0.25, -0.2) is 4.52 Å². The maximum absolute atomic E-state index is 6.22. The molecule has 0 spiro atoms. The number of nitrogens with one attached hydrogen (secondary N) is 1. The first kappa shape index (κ1) is 14.3. The van der Waals surface area contributed by atoms with E-state index in [1.165, 1.54) is 0 Å². The molecular weight excluding hydrogens is 309 g/mol. The Bertz CT molecular complexity index is 771. The van der Waals surface area contributed by atoms with Crippen molar-refractivity contribution in [1.82, 2.24) is 20.0 Å². The molecule has 0 aliphatic rings. The molecule has 7 heteroatoms. The van der Waals surface area contributed by atoms with Crippen LogP contribution in [0.25, 0.3) is 5.52 Å². The second-order valence-electron chi connectivity index (χ2n) is 4.67. The fraction of sp³-hybridized carbons (Fsp3) is 0.143. The normalized spacial score (nSPS) is 12.7. The molecule has 0 saturated carbocycles. The third-order valence-corrected chi connectivity index (χ3v) is 3.96. The Kier molecular flexibility index (Phi) is 4.07. The van der Waals surface area contributed by atoms with Gasteiger partial charge in [0.05, 0.1) is 24.0 Å². The molecule has 1 unspecified atom stereocenters. The predicted molar refractivity (Wildman–Crippen MR) is 83.2 cm³/mol. The van der Waals surface area contributed by atoms with Crippen LogP contribution in [0.1, 0.15) is 17.2 Å². The SMILES string of the molecule is NNC(Cc1ccc(Cl)cc1Cl)c1cnn2ccncc12. The Balaban J connectivity index is 1.95. The summed E-state index contributed by atoms with van der Waals surface area (Å²) in [5.74, 6) is 5.71. The number of halogens is 2. The lowest BCUT2D eigenvalue weighted by atomic mass is 10.0. The highest BCUT2D eigenvalue weighted by molar-refractivity contribution is 6.35. The number of hydrogen-bond donors (Lipinski definition) is 2. The average Bonchev–Trinajstić information content (AvgIpc) is 2.91. The van der Waals surface area contributed by atoms with Gasteiger partial charge in [0.15, 0.2) is 0 Å². The first-order valence-electron chi connectivity index (χ1n) is 6.36. The van der Waals surface area contributed by atoms with Crippen LogP contribution in [0.2, 0.25) is 10.0 Å². The fourth-order valence-electron chi connectivity index (χ4n) is 2.29. The smallest absolute Gasteiger partial charge is 0.0893 e. The Hall–Kier alpha value is -1.66. The Morgan fingerprint density at radius 2 is 2.14 bits per heavy atom. The summed E-state index contributed by atoms with van der Waals surface area (Å²) >= 11 is 12.1. The van der Waals surface area contributed by atoms with Gasteiger partial charge in [0.25, 0.3) is 0 Å². The molecule has 5 nitrogen and oxygen atoms in total. The second kappa shape index (κ2) is 5.99. The van der Waals surface area contributed by atoms with Gasteiger partial charge in [0, 0.05) is 28.0 Å². The summed E-state index contributed by atoms with van der Waals surface area (Å²) in [6.45, 7) is 0. The number of benzene rings is 1. The van der Waals surface area contributed by atoms with Crippen LogP contribution >= 0.6 is 23.2 Å². The van der Waals surface area contributed by atoms with Gasteiger partial charge >= 0.3 is 0 Å². The van der Waals surface area contributed by atoms with Crippen LogP contribution < -0.4 is 11.3 Å². The molecule has 21 heavy (non-hydrogen) atoms. The van der Waals surface area contributed by atoms with Crippen LogP contribution in [0.4, 0.5) is 0 Å². The summed E-state index contributed by atoms with van der Waals surface area (Å²) in [4.78, 5) is 4.13. The summed E-state index contributed by atoms with van der Waals surface area (Å²) in [7, 11) is 0. The molecule has 1 aromatic carbocycles. The molecule has 3 aromatic rings. The molecule has 0 fully saturated rings. The van der Waals surface area contributed by atoms with Crippen molar-refractivity contribution in [2.75, 3.05) is 0 Å². The molecule has 0 radical (unpaired) electrons. The first-order chi connectivity index (χ1) is 10.2. The number of hydrogen-bond acceptors (Lipinski definition) is 4. The molecule has 3 N–H and O–H groups in total. The van der Waals surface area contributed by atoms with E-state index >= 15 is 0 Å². The van der Waals surface area contributed by atoms with Crippen molar-refractivity contribution in [3.63, 3.8) is 0 Å². The highest BCUT2D eigenvalue weighted by Crippen LogP contribution is 2.27. The highest BCUT2D eigenvalue weighted by Gasteiger charge is 2.17. The monoisotopic (exact) mass is 321 g/mol. The van der Waals surface area contributed by atoms with E-state index in [0.29, 0.717) is 16.5 Å². The van der Waals surface area contributed by atoms with Gasteiger partial charge in [0.2, 0.25) is 0 Å². The molecule has 2 aromatic heterocycles. The van der Waals surface area contributed by atoms with E-state index in [1.807, 2.05) is 12.1 Å². The van der Waals surface area contributed by atoms with Gasteiger partial charge in [-0.15, -0.1) is 0 Å². The van der Waals surface area contributed by atoms with Crippen molar-refractivity contribution in [3.05, 3.63) is 64.2 Å². The van der Waals surface area contributed by atoms with Gasteiger partial charge in [-0.2, -0.15) is 5.10 Å². The molecule has 0 bridgehead atoms. The van der Waals surface area contributed by atoms with E-state index in [4.69, 9.17) is 29.0 Å². The first-order valence-corrected chi connectivity index (χ1v) is 7.12. The topological polar surface area (TPSA) is 68.2 Å². The van der Waals surface area contributed by atoms with E-state index in [2.05, 4.69) is 15.5 Å². The van der Waals surface area contributed by atoms with Gasteiger partial charge in [-0.3, -0.25) is 16.3 Å². The van der Waals surface area contributed by atoms with Crippen molar-refractivity contribution < 1.29 is 0 Å². The summed E-state index contributed by atoms with van der Waals surface area (Å²) in [5, 5.41) is 5.53. The molecule has 0 saturated heterocycles. The van der Waals surface area contributed by atoms with Crippen molar-refractivity contribution >= 4 is 28.7 Å². The van der Waals surface area contributed by atoms with Crippen LogP contribution in [0.5, 0.6) is 0 Å². The fourth-order valence-corrected chi connectivity index (χ4v) is 2.77. The van der Waals surface area contributed by atoms with Crippen molar-refractivity contribution in [3.8, 4) is 0 Å². The number of fused-ring (bicyclic) bond motifs is 1. The summed E-state index contributed by atoms with van der Waals surface area (Å²) in [6.07, 6.45) is 7.65. The van der Waals surface area contributed by atoms with E-state index in [9.17, 15) is 0 Å². The number of rotatable bonds is 4. The van der Waals surface area contributed by atoms with Crippen LogP contribution in [-0.2, 0) is 6.42 Å². The van der Waals surface area contributed by atoms with Crippen LogP contribution in [0.3, 0.4) is 0 Å². The Morgan fingerprint density at radius 1 is 1.29 bits per heavy atom. The molecule has 2 heterocycles. The second-order valence-corrected chi connectivity index (χ2v) is 5.51. The zero-order valence-electron chi connectivity index (χ0n) is 11.0. The number of hydrazine groups is 1. The minimum atomic E-state index is -0.120.